The number of aromatic nitrogens is 7. The van der Waals surface area contributed by atoms with E-state index in [1.54, 1.807) is 23.2 Å². The van der Waals surface area contributed by atoms with Crippen molar-refractivity contribution in [1.82, 2.24) is 34.5 Å². The van der Waals surface area contributed by atoms with Gasteiger partial charge in [0.05, 0.1) is 5.69 Å². The molecule has 1 saturated heterocycles. The normalized spacial score (nSPS) is 14.6. The molecular weight excluding hydrogens is 354 g/mol. The molecule has 1 aliphatic heterocycles. The number of hydrogen-bond acceptors (Lipinski definition) is 8. The van der Waals surface area contributed by atoms with Crippen LogP contribution in [0.25, 0.3) is 17.0 Å². The van der Waals surface area contributed by atoms with Crippen LogP contribution in [0.4, 0.5) is 11.8 Å². The zero-order chi connectivity index (χ0) is 18.9. The maximum Gasteiger partial charge on any atom is 0.254 e. The van der Waals surface area contributed by atoms with E-state index in [1.807, 2.05) is 31.3 Å². The summed E-state index contributed by atoms with van der Waals surface area (Å²) in [6.07, 6.45) is 6.91. The molecule has 0 aromatic carbocycles. The largest absolute Gasteiger partial charge is 0.353 e. The molecule has 1 aliphatic rings. The zero-order valence-electron chi connectivity index (χ0n) is 15.5. The monoisotopic (exact) mass is 373 g/mol. The van der Waals surface area contributed by atoms with Crippen LogP contribution in [0.15, 0.2) is 49.2 Å². The van der Waals surface area contributed by atoms with Gasteiger partial charge in [-0.2, -0.15) is 14.6 Å². The van der Waals surface area contributed by atoms with E-state index < -0.39 is 0 Å². The van der Waals surface area contributed by atoms with Gasteiger partial charge in [0.15, 0.2) is 0 Å². The summed E-state index contributed by atoms with van der Waals surface area (Å²) >= 11 is 0. The first-order valence-corrected chi connectivity index (χ1v) is 9.19. The van der Waals surface area contributed by atoms with Crippen molar-refractivity contribution in [2.24, 2.45) is 0 Å². The van der Waals surface area contributed by atoms with Crippen molar-refractivity contribution in [3.8, 4) is 11.3 Å². The molecule has 0 spiro atoms. The van der Waals surface area contributed by atoms with Gasteiger partial charge in [-0.05, 0) is 25.1 Å². The van der Waals surface area contributed by atoms with Gasteiger partial charge in [0.2, 0.25) is 5.95 Å². The van der Waals surface area contributed by atoms with Crippen molar-refractivity contribution in [2.45, 2.75) is 6.92 Å². The van der Waals surface area contributed by atoms with Crippen molar-refractivity contribution >= 4 is 17.5 Å². The van der Waals surface area contributed by atoms with E-state index in [2.05, 4.69) is 40.9 Å². The van der Waals surface area contributed by atoms with Gasteiger partial charge in [0.1, 0.15) is 12.1 Å². The maximum atomic E-state index is 4.75. The van der Waals surface area contributed by atoms with Crippen LogP contribution in [-0.2, 0) is 0 Å². The molecule has 0 amide bonds. The van der Waals surface area contributed by atoms with Crippen LogP contribution >= 0.6 is 0 Å². The zero-order valence-corrected chi connectivity index (χ0v) is 15.5. The van der Waals surface area contributed by atoms with Crippen molar-refractivity contribution in [2.75, 3.05) is 36.0 Å². The minimum atomic E-state index is 0.630. The van der Waals surface area contributed by atoms with Crippen LogP contribution in [0.3, 0.4) is 0 Å². The number of aryl methyl sites for hydroxylation is 1. The van der Waals surface area contributed by atoms with Crippen LogP contribution in [0.5, 0.6) is 0 Å². The SMILES string of the molecule is Cc1cc(N2CCN(c3nccc(-c4ccncc4)n3)CC2)n2ncnc2n1. The van der Waals surface area contributed by atoms with Crippen molar-refractivity contribution in [1.29, 1.82) is 0 Å². The van der Waals surface area contributed by atoms with Crippen LogP contribution in [0, 0.1) is 6.92 Å². The molecule has 0 aliphatic carbocycles. The molecule has 28 heavy (non-hydrogen) atoms. The molecule has 0 N–H and O–H groups in total. The van der Waals surface area contributed by atoms with Crippen molar-refractivity contribution < 1.29 is 0 Å². The fraction of sp³-hybridized carbons (Fsp3) is 0.263. The number of nitrogens with zero attached hydrogens (tertiary/aromatic N) is 9. The van der Waals surface area contributed by atoms with E-state index in [9.17, 15) is 0 Å². The summed E-state index contributed by atoms with van der Waals surface area (Å²) in [7, 11) is 0. The van der Waals surface area contributed by atoms with Gasteiger partial charge < -0.3 is 9.80 Å². The maximum absolute atomic E-state index is 4.75. The molecular formula is C19H19N9. The number of anilines is 2. The van der Waals surface area contributed by atoms with Gasteiger partial charge in [-0.1, -0.05) is 0 Å². The predicted molar refractivity (Wildman–Crippen MR) is 105 cm³/mol. The number of fused-ring (bicyclic) bond motifs is 1. The van der Waals surface area contributed by atoms with E-state index in [-0.39, 0.29) is 0 Å². The van der Waals surface area contributed by atoms with Crippen molar-refractivity contribution in [3.63, 3.8) is 0 Å². The summed E-state index contributed by atoms with van der Waals surface area (Å²) in [5, 5.41) is 4.32. The molecule has 140 valence electrons. The first-order valence-electron chi connectivity index (χ1n) is 9.19. The van der Waals surface area contributed by atoms with Crippen LogP contribution in [0.2, 0.25) is 0 Å². The highest BCUT2D eigenvalue weighted by atomic mass is 15.4. The summed E-state index contributed by atoms with van der Waals surface area (Å²) in [6.45, 7) is 5.34. The molecule has 0 saturated carbocycles. The van der Waals surface area contributed by atoms with E-state index in [4.69, 9.17) is 4.98 Å². The average Bonchev–Trinajstić information content (AvgIpc) is 3.22. The molecule has 0 atom stereocenters. The van der Waals surface area contributed by atoms with Crippen LogP contribution in [0.1, 0.15) is 5.69 Å². The third kappa shape index (κ3) is 3.00. The van der Waals surface area contributed by atoms with E-state index in [1.165, 1.54) is 0 Å². The fourth-order valence-electron chi connectivity index (χ4n) is 3.46. The first-order chi connectivity index (χ1) is 13.8. The Morgan fingerprint density at radius 2 is 1.64 bits per heavy atom. The highest BCUT2D eigenvalue weighted by Crippen LogP contribution is 2.21. The third-order valence-electron chi connectivity index (χ3n) is 4.87. The third-order valence-corrected chi connectivity index (χ3v) is 4.87. The summed E-state index contributed by atoms with van der Waals surface area (Å²) in [4.78, 5) is 26.5. The number of hydrogen-bond donors (Lipinski definition) is 0. The van der Waals surface area contributed by atoms with Gasteiger partial charge in [0.25, 0.3) is 5.78 Å². The second-order valence-electron chi connectivity index (χ2n) is 6.68. The van der Waals surface area contributed by atoms with Gasteiger partial charge in [-0.25, -0.2) is 15.0 Å². The molecule has 5 heterocycles. The fourth-order valence-corrected chi connectivity index (χ4v) is 3.46. The summed E-state index contributed by atoms with van der Waals surface area (Å²) in [5.74, 6) is 2.41. The Morgan fingerprint density at radius 3 is 2.46 bits per heavy atom. The predicted octanol–water partition coefficient (Wildman–Crippen LogP) is 1.61. The highest BCUT2D eigenvalue weighted by molar-refractivity contribution is 5.59. The van der Waals surface area contributed by atoms with E-state index in [0.29, 0.717) is 5.78 Å². The Morgan fingerprint density at radius 1 is 0.857 bits per heavy atom. The molecule has 1 fully saturated rings. The molecule has 4 aromatic heterocycles. The lowest BCUT2D eigenvalue weighted by Gasteiger charge is -2.36. The Bertz CT molecular complexity index is 1100. The standard InChI is InChI=1S/C19H19N9/c1-14-12-17(28-19(24-14)22-13-23-28)26-8-10-27(11-9-26)18-21-7-4-16(25-18)15-2-5-20-6-3-15/h2-7,12-13H,8-11H2,1H3. The number of pyridine rings is 1. The Hall–Kier alpha value is -3.62. The summed E-state index contributed by atoms with van der Waals surface area (Å²) < 4.78 is 1.79. The number of rotatable bonds is 3. The molecule has 9 heteroatoms. The second kappa shape index (κ2) is 6.84. The van der Waals surface area contributed by atoms with Gasteiger partial charge >= 0.3 is 0 Å². The first kappa shape index (κ1) is 16.5. The second-order valence-corrected chi connectivity index (χ2v) is 6.68. The lowest BCUT2D eigenvalue weighted by Crippen LogP contribution is -2.47. The average molecular weight is 373 g/mol. The molecule has 0 radical (unpaired) electrons. The van der Waals surface area contributed by atoms with Crippen molar-refractivity contribution in [3.05, 3.63) is 54.9 Å². The quantitative estimate of drug-likeness (QED) is 0.535. The minimum absolute atomic E-state index is 0.630. The number of piperazine rings is 1. The topological polar surface area (TPSA) is 88.2 Å². The Balaban J connectivity index is 1.36. The lowest BCUT2D eigenvalue weighted by molar-refractivity contribution is 0.627. The Kier molecular flexibility index (Phi) is 4.04. The van der Waals surface area contributed by atoms with E-state index in [0.717, 1.165) is 54.9 Å². The lowest BCUT2D eigenvalue weighted by atomic mass is 10.2. The van der Waals surface area contributed by atoms with E-state index >= 15 is 0 Å². The highest BCUT2D eigenvalue weighted by Gasteiger charge is 2.22. The molecule has 0 unspecified atom stereocenters. The van der Waals surface area contributed by atoms with Crippen LogP contribution < -0.4 is 9.80 Å². The minimum Gasteiger partial charge on any atom is -0.353 e. The van der Waals surface area contributed by atoms with Crippen LogP contribution in [-0.4, -0.2) is 60.7 Å². The summed E-state index contributed by atoms with van der Waals surface area (Å²) in [5.41, 5.74) is 2.88. The van der Waals surface area contributed by atoms with Gasteiger partial charge in [-0.15, -0.1) is 0 Å². The molecule has 0 bridgehead atoms. The summed E-state index contributed by atoms with van der Waals surface area (Å²) in [6, 6.07) is 7.90. The van der Waals surface area contributed by atoms with Gasteiger partial charge in [-0.3, -0.25) is 4.98 Å². The van der Waals surface area contributed by atoms with Gasteiger partial charge in [0, 0.05) is 62.1 Å². The molecule has 4 aromatic rings. The molecule has 5 rings (SSSR count). The Labute approximate surface area is 161 Å². The smallest absolute Gasteiger partial charge is 0.254 e. The molecule has 9 nitrogen and oxygen atoms in total.